The second-order valence-electron chi connectivity index (χ2n) is 5.60. The molecular weight excluding hydrogens is 226 g/mol. The second kappa shape index (κ2) is 3.72. The largest absolute Gasteiger partial charge is 0.439 e. The number of anilines is 1. The van der Waals surface area contributed by atoms with E-state index in [1.54, 1.807) is 0 Å². The van der Waals surface area contributed by atoms with Gasteiger partial charge in [0, 0.05) is 24.3 Å². The summed E-state index contributed by atoms with van der Waals surface area (Å²) in [6.45, 7) is 2.06. The fourth-order valence-corrected chi connectivity index (χ4v) is 3.45. The van der Waals surface area contributed by atoms with Crippen molar-refractivity contribution < 1.29 is 4.42 Å². The Bertz CT molecular complexity index is 592. The van der Waals surface area contributed by atoms with Crippen molar-refractivity contribution in [2.45, 2.75) is 31.8 Å². The summed E-state index contributed by atoms with van der Waals surface area (Å²) < 4.78 is 5.79. The molecule has 2 aromatic rings. The minimum atomic E-state index is 0.727. The van der Waals surface area contributed by atoms with Crippen molar-refractivity contribution in [1.82, 2.24) is 9.88 Å². The molecule has 2 unspecified atom stereocenters. The zero-order valence-corrected chi connectivity index (χ0v) is 10.3. The average Bonchev–Trinajstić information content (AvgIpc) is 3.02. The lowest BCUT2D eigenvalue weighted by atomic mass is 10.1. The molecule has 1 saturated carbocycles. The van der Waals surface area contributed by atoms with Crippen molar-refractivity contribution in [2.75, 3.05) is 12.3 Å². The van der Waals surface area contributed by atoms with E-state index in [0.29, 0.717) is 0 Å². The molecule has 18 heavy (non-hydrogen) atoms. The number of nitrogen functional groups attached to an aromatic ring is 1. The normalized spacial score (nSPS) is 27.3. The summed E-state index contributed by atoms with van der Waals surface area (Å²) in [5.41, 5.74) is 8.18. The Kier molecular flexibility index (Phi) is 2.14. The fraction of sp³-hybridized carbons (Fsp3) is 0.500. The second-order valence-corrected chi connectivity index (χ2v) is 5.60. The number of nitrogens with zero attached hydrogens (tertiary/aromatic N) is 2. The van der Waals surface area contributed by atoms with Gasteiger partial charge < -0.3 is 10.2 Å². The number of fused-ring (bicyclic) bond motifs is 3. The summed E-state index contributed by atoms with van der Waals surface area (Å²) in [6, 6.07) is 6.40. The maximum absolute atomic E-state index is 5.79. The first kappa shape index (κ1) is 10.4. The number of piperidine rings is 1. The van der Waals surface area contributed by atoms with Crippen LogP contribution in [0.25, 0.3) is 11.1 Å². The molecule has 4 heteroatoms. The molecule has 4 nitrogen and oxygen atoms in total. The quantitative estimate of drug-likeness (QED) is 0.823. The molecule has 2 atom stereocenters. The molecule has 1 aromatic heterocycles. The molecule has 2 heterocycles. The molecule has 2 fully saturated rings. The number of hydrogen-bond donors (Lipinski definition) is 1. The molecule has 4 rings (SSSR count). The van der Waals surface area contributed by atoms with Crippen LogP contribution in [-0.4, -0.2) is 22.5 Å². The van der Waals surface area contributed by atoms with Gasteiger partial charge in [0.25, 0.3) is 0 Å². The third-order valence-corrected chi connectivity index (χ3v) is 4.32. The number of oxazole rings is 1. The van der Waals surface area contributed by atoms with Crippen molar-refractivity contribution >= 4 is 16.8 Å². The average molecular weight is 243 g/mol. The van der Waals surface area contributed by atoms with Gasteiger partial charge >= 0.3 is 0 Å². The summed E-state index contributed by atoms with van der Waals surface area (Å²) in [7, 11) is 0. The maximum atomic E-state index is 5.79. The van der Waals surface area contributed by atoms with E-state index in [4.69, 9.17) is 10.2 Å². The van der Waals surface area contributed by atoms with Gasteiger partial charge in [-0.2, -0.15) is 0 Å². The lowest BCUT2D eigenvalue weighted by Gasteiger charge is -2.24. The zero-order valence-electron chi connectivity index (χ0n) is 10.3. The summed E-state index contributed by atoms with van der Waals surface area (Å²) in [6.07, 6.45) is 4.12. The molecule has 0 amide bonds. The van der Waals surface area contributed by atoms with Crippen LogP contribution in [0.1, 0.15) is 25.2 Å². The molecule has 2 N–H and O–H groups in total. The minimum Gasteiger partial charge on any atom is -0.439 e. The molecule has 1 aromatic carbocycles. The number of nitrogens with two attached hydrogens (primary N) is 1. The first-order valence-corrected chi connectivity index (χ1v) is 6.67. The van der Waals surface area contributed by atoms with Crippen molar-refractivity contribution in [3.05, 3.63) is 24.1 Å². The molecule has 1 aliphatic carbocycles. The Balaban J connectivity index is 1.59. The first-order valence-electron chi connectivity index (χ1n) is 6.67. The first-order chi connectivity index (χ1) is 8.78. The molecule has 0 spiro atoms. The van der Waals surface area contributed by atoms with Gasteiger partial charge in [-0.3, -0.25) is 4.90 Å². The van der Waals surface area contributed by atoms with Gasteiger partial charge in [0.2, 0.25) is 5.89 Å². The minimum absolute atomic E-state index is 0.727. The lowest BCUT2D eigenvalue weighted by Crippen LogP contribution is -2.31. The molecule has 94 valence electrons. The van der Waals surface area contributed by atoms with Crippen molar-refractivity contribution in [3.63, 3.8) is 0 Å². The van der Waals surface area contributed by atoms with E-state index in [1.165, 1.54) is 25.8 Å². The third kappa shape index (κ3) is 1.60. The van der Waals surface area contributed by atoms with Crippen molar-refractivity contribution in [2.24, 2.45) is 5.92 Å². The van der Waals surface area contributed by atoms with Crippen LogP contribution in [0.3, 0.4) is 0 Å². The van der Waals surface area contributed by atoms with Crippen molar-refractivity contribution in [1.29, 1.82) is 0 Å². The van der Waals surface area contributed by atoms with Crippen LogP contribution in [0.5, 0.6) is 0 Å². The number of hydrogen-bond acceptors (Lipinski definition) is 4. The number of benzene rings is 1. The summed E-state index contributed by atoms with van der Waals surface area (Å²) in [5.74, 6) is 1.73. The monoisotopic (exact) mass is 243 g/mol. The topological polar surface area (TPSA) is 55.3 Å². The van der Waals surface area contributed by atoms with Crippen LogP contribution in [0, 0.1) is 5.92 Å². The molecular formula is C14H17N3O. The molecule has 1 saturated heterocycles. The highest BCUT2D eigenvalue weighted by molar-refractivity contribution is 5.76. The highest BCUT2D eigenvalue weighted by Crippen LogP contribution is 2.38. The molecule has 1 aliphatic heterocycles. The highest BCUT2D eigenvalue weighted by Gasteiger charge is 2.38. The SMILES string of the molecule is Nc1ccc2nc(CN3CC4CCC3C4)oc2c1. The van der Waals surface area contributed by atoms with Crippen LogP contribution in [-0.2, 0) is 6.54 Å². The summed E-state index contributed by atoms with van der Waals surface area (Å²) in [4.78, 5) is 7.05. The lowest BCUT2D eigenvalue weighted by molar-refractivity contribution is 0.188. The van der Waals surface area contributed by atoms with Crippen LogP contribution < -0.4 is 5.73 Å². The fourth-order valence-electron chi connectivity index (χ4n) is 3.45. The van der Waals surface area contributed by atoms with Gasteiger partial charge in [-0.05, 0) is 37.3 Å². The molecule has 2 bridgehead atoms. The van der Waals surface area contributed by atoms with Crippen LogP contribution >= 0.6 is 0 Å². The van der Waals surface area contributed by atoms with E-state index in [9.17, 15) is 0 Å². The van der Waals surface area contributed by atoms with E-state index >= 15 is 0 Å². The van der Waals surface area contributed by atoms with E-state index in [2.05, 4.69) is 9.88 Å². The van der Waals surface area contributed by atoms with Crippen molar-refractivity contribution in [3.8, 4) is 0 Å². The Morgan fingerprint density at radius 2 is 2.33 bits per heavy atom. The van der Waals surface area contributed by atoms with E-state index < -0.39 is 0 Å². The maximum Gasteiger partial charge on any atom is 0.209 e. The van der Waals surface area contributed by atoms with E-state index in [-0.39, 0.29) is 0 Å². The predicted octanol–water partition coefficient (Wildman–Crippen LogP) is 2.39. The van der Waals surface area contributed by atoms with Gasteiger partial charge in [-0.25, -0.2) is 4.98 Å². The third-order valence-electron chi connectivity index (χ3n) is 4.32. The summed E-state index contributed by atoms with van der Waals surface area (Å²) in [5, 5.41) is 0. The Hall–Kier alpha value is -1.55. The summed E-state index contributed by atoms with van der Waals surface area (Å²) >= 11 is 0. The predicted molar refractivity (Wildman–Crippen MR) is 70.0 cm³/mol. The standard InChI is InChI=1S/C14H17N3O/c15-10-2-4-12-13(6-10)18-14(16-12)8-17-7-9-1-3-11(17)5-9/h2,4,6,9,11H,1,3,5,7-8,15H2. The van der Waals surface area contributed by atoms with Gasteiger partial charge in [0.15, 0.2) is 5.58 Å². The van der Waals surface area contributed by atoms with Gasteiger partial charge in [-0.1, -0.05) is 0 Å². The molecule has 0 radical (unpaired) electrons. The number of aromatic nitrogens is 1. The van der Waals surface area contributed by atoms with Gasteiger partial charge in [-0.15, -0.1) is 0 Å². The Morgan fingerprint density at radius 1 is 1.39 bits per heavy atom. The van der Waals surface area contributed by atoms with Crippen LogP contribution in [0.4, 0.5) is 5.69 Å². The zero-order chi connectivity index (χ0) is 12.1. The van der Waals surface area contributed by atoms with Crippen LogP contribution in [0.15, 0.2) is 22.6 Å². The number of rotatable bonds is 2. The van der Waals surface area contributed by atoms with E-state index in [0.717, 1.165) is 41.2 Å². The Labute approximate surface area is 106 Å². The Morgan fingerprint density at radius 3 is 3.11 bits per heavy atom. The highest BCUT2D eigenvalue weighted by atomic mass is 16.3. The van der Waals surface area contributed by atoms with Gasteiger partial charge in [0.05, 0.1) is 6.54 Å². The van der Waals surface area contributed by atoms with E-state index in [1.807, 2.05) is 18.2 Å². The van der Waals surface area contributed by atoms with Crippen LogP contribution in [0.2, 0.25) is 0 Å². The molecule has 2 aliphatic rings. The number of likely N-dealkylation sites (tertiary alicyclic amines) is 1. The smallest absolute Gasteiger partial charge is 0.209 e. The van der Waals surface area contributed by atoms with Gasteiger partial charge in [0.1, 0.15) is 5.52 Å².